The van der Waals surface area contributed by atoms with Gasteiger partial charge in [0.1, 0.15) is 0 Å². The summed E-state index contributed by atoms with van der Waals surface area (Å²) in [6, 6.07) is 8.42. The maximum absolute atomic E-state index is 11.2. The minimum atomic E-state index is 0.120. The van der Waals surface area contributed by atoms with Crippen molar-refractivity contribution in [1.29, 1.82) is 0 Å². The molecule has 0 radical (unpaired) electrons. The maximum atomic E-state index is 11.2. The van der Waals surface area contributed by atoms with Gasteiger partial charge >= 0.3 is 0 Å². The van der Waals surface area contributed by atoms with Gasteiger partial charge in [-0.3, -0.25) is 4.79 Å². The molecule has 1 N–H and O–H groups in total. The molecule has 0 unspecified atom stereocenters. The Morgan fingerprint density at radius 2 is 2.00 bits per heavy atom. The molecule has 0 atom stereocenters. The van der Waals surface area contributed by atoms with Gasteiger partial charge in [-0.25, -0.2) is 0 Å². The van der Waals surface area contributed by atoms with Crippen LogP contribution in [0.4, 0.5) is 0 Å². The zero-order valence-corrected chi connectivity index (χ0v) is 10.1. The normalized spacial score (nSPS) is 10.0. The van der Waals surface area contributed by atoms with Gasteiger partial charge in [-0.2, -0.15) is 0 Å². The van der Waals surface area contributed by atoms with Crippen molar-refractivity contribution in [2.24, 2.45) is 0 Å². The van der Waals surface area contributed by atoms with Gasteiger partial charge in [0.15, 0.2) is 0 Å². The van der Waals surface area contributed by atoms with E-state index in [1.165, 1.54) is 11.1 Å². The number of amides is 1. The summed E-state index contributed by atoms with van der Waals surface area (Å²) in [6.07, 6.45) is 0. The molecule has 82 valence electrons. The number of benzene rings is 1. The molecule has 0 aliphatic rings. The third-order valence-corrected chi connectivity index (χ3v) is 3.00. The first-order valence-corrected chi connectivity index (χ1v) is 6.28. The molecule has 0 bridgehead atoms. The number of hydrogen-bond donors (Lipinski definition) is 1. The van der Waals surface area contributed by atoms with E-state index in [4.69, 9.17) is 0 Å². The summed E-state index contributed by atoms with van der Waals surface area (Å²) in [4.78, 5) is 11.2. The highest BCUT2D eigenvalue weighted by atomic mass is 32.2. The molecule has 0 heterocycles. The molecule has 0 fully saturated rings. The molecule has 0 saturated heterocycles. The number of nitrogens with one attached hydrogen (secondary N) is 1. The largest absolute Gasteiger partial charge is 0.356 e. The lowest BCUT2D eigenvalue weighted by atomic mass is 10.2. The molecule has 0 saturated carbocycles. The zero-order chi connectivity index (χ0) is 11.1. The predicted octanol–water partition coefficient (Wildman–Crippen LogP) is 2.36. The van der Waals surface area contributed by atoms with Crippen molar-refractivity contribution in [3.05, 3.63) is 35.4 Å². The van der Waals surface area contributed by atoms with Gasteiger partial charge in [-0.05, 0) is 19.4 Å². The van der Waals surface area contributed by atoms with Crippen molar-refractivity contribution >= 4 is 17.7 Å². The van der Waals surface area contributed by atoms with E-state index in [0.717, 1.165) is 5.75 Å². The first kappa shape index (κ1) is 12.1. The van der Waals surface area contributed by atoms with E-state index in [1.54, 1.807) is 11.8 Å². The van der Waals surface area contributed by atoms with Crippen LogP contribution >= 0.6 is 11.8 Å². The molecule has 0 aliphatic heterocycles. The number of rotatable bonds is 5. The summed E-state index contributed by atoms with van der Waals surface area (Å²) < 4.78 is 0. The van der Waals surface area contributed by atoms with E-state index in [2.05, 4.69) is 36.5 Å². The number of carbonyl (C=O) groups excluding carboxylic acids is 1. The van der Waals surface area contributed by atoms with Gasteiger partial charge in [0.05, 0.1) is 5.75 Å². The average Bonchev–Trinajstić information content (AvgIpc) is 2.21. The molecule has 1 aromatic carbocycles. The second kappa shape index (κ2) is 6.51. The van der Waals surface area contributed by atoms with E-state index in [-0.39, 0.29) is 5.91 Å². The summed E-state index contributed by atoms with van der Waals surface area (Å²) in [6.45, 7) is 4.72. The summed E-state index contributed by atoms with van der Waals surface area (Å²) in [7, 11) is 0. The Labute approximate surface area is 95.5 Å². The van der Waals surface area contributed by atoms with Gasteiger partial charge in [-0.1, -0.05) is 29.8 Å². The fourth-order valence-corrected chi connectivity index (χ4v) is 2.01. The second-order valence-electron chi connectivity index (χ2n) is 3.43. The molecule has 1 aromatic rings. The predicted molar refractivity (Wildman–Crippen MR) is 66.0 cm³/mol. The Morgan fingerprint density at radius 1 is 1.33 bits per heavy atom. The van der Waals surface area contributed by atoms with Crippen molar-refractivity contribution in [2.45, 2.75) is 19.6 Å². The van der Waals surface area contributed by atoms with Crippen LogP contribution in [0.15, 0.2) is 24.3 Å². The molecule has 0 aromatic heterocycles. The minimum absolute atomic E-state index is 0.120. The highest BCUT2D eigenvalue weighted by Gasteiger charge is 1.99. The van der Waals surface area contributed by atoms with Gasteiger partial charge in [0.25, 0.3) is 0 Å². The summed E-state index contributed by atoms with van der Waals surface area (Å²) in [5.41, 5.74) is 2.54. The van der Waals surface area contributed by atoms with E-state index in [1.807, 2.05) is 6.92 Å². The monoisotopic (exact) mass is 223 g/mol. The molecule has 3 heteroatoms. The first-order chi connectivity index (χ1) is 7.22. The highest BCUT2D eigenvalue weighted by Crippen LogP contribution is 2.12. The van der Waals surface area contributed by atoms with Crippen molar-refractivity contribution < 1.29 is 4.79 Å². The molecule has 0 aliphatic carbocycles. The van der Waals surface area contributed by atoms with Crippen LogP contribution < -0.4 is 5.32 Å². The number of aryl methyl sites for hydroxylation is 1. The van der Waals surface area contributed by atoms with Crippen LogP contribution in [-0.4, -0.2) is 18.2 Å². The van der Waals surface area contributed by atoms with Crippen LogP contribution in [0, 0.1) is 6.92 Å². The molecule has 1 rings (SSSR count). The van der Waals surface area contributed by atoms with Gasteiger partial charge in [0.2, 0.25) is 5.91 Å². The van der Waals surface area contributed by atoms with Crippen LogP contribution in [0.1, 0.15) is 18.1 Å². The first-order valence-electron chi connectivity index (χ1n) is 5.12. The summed E-state index contributed by atoms with van der Waals surface area (Å²) in [5.74, 6) is 1.56. The molecule has 1 amide bonds. The standard InChI is InChI=1S/C12H17NOS/c1-3-13-12(14)9-15-8-11-6-4-10(2)5-7-11/h4-7H,3,8-9H2,1-2H3,(H,13,14). The van der Waals surface area contributed by atoms with Gasteiger partial charge in [0, 0.05) is 12.3 Å². The number of carbonyl (C=O) groups is 1. The third-order valence-electron chi connectivity index (χ3n) is 2.00. The Kier molecular flexibility index (Phi) is 5.26. The van der Waals surface area contributed by atoms with Crippen molar-refractivity contribution in [3.63, 3.8) is 0 Å². The fraction of sp³-hybridized carbons (Fsp3) is 0.417. The van der Waals surface area contributed by atoms with Crippen molar-refractivity contribution in [1.82, 2.24) is 5.32 Å². The van der Waals surface area contributed by atoms with Crippen molar-refractivity contribution in [3.8, 4) is 0 Å². The Balaban J connectivity index is 2.26. The van der Waals surface area contributed by atoms with Crippen LogP contribution in [0.5, 0.6) is 0 Å². The minimum Gasteiger partial charge on any atom is -0.356 e. The Hall–Kier alpha value is -0.960. The van der Waals surface area contributed by atoms with E-state index in [9.17, 15) is 4.79 Å². The van der Waals surface area contributed by atoms with Crippen LogP contribution in [0.2, 0.25) is 0 Å². The topological polar surface area (TPSA) is 29.1 Å². The fourth-order valence-electron chi connectivity index (χ4n) is 1.19. The van der Waals surface area contributed by atoms with Crippen LogP contribution in [0.25, 0.3) is 0 Å². The molecular weight excluding hydrogens is 206 g/mol. The number of hydrogen-bond acceptors (Lipinski definition) is 2. The lowest BCUT2D eigenvalue weighted by molar-refractivity contribution is -0.118. The molecule has 2 nitrogen and oxygen atoms in total. The third kappa shape index (κ3) is 4.88. The van der Waals surface area contributed by atoms with Crippen LogP contribution in [0.3, 0.4) is 0 Å². The van der Waals surface area contributed by atoms with Gasteiger partial charge < -0.3 is 5.32 Å². The van der Waals surface area contributed by atoms with Crippen LogP contribution in [-0.2, 0) is 10.5 Å². The zero-order valence-electron chi connectivity index (χ0n) is 9.25. The summed E-state index contributed by atoms with van der Waals surface area (Å²) >= 11 is 1.65. The lowest BCUT2D eigenvalue weighted by Gasteiger charge is -2.03. The Morgan fingerprint density at radius 3 is 2.60 bits per heavy atom. The molecular formula is C12H17NOS. The maximum Gasteiger partial charge on any atom is 0.229 e. The molecule has 15 heavy (non-hydrogen) atoms. The lowest BCUT2D eigenvalue weighted by Crippen LogP contribution is -2.24. The van der Waals surface area contributed by atoms with E-state index in [0.29, 0.717) is 12.3 Å². The van der Waals surface area contributed by atoms with E-state index >= 15 is 0 Å². The number of thioether (sulfide) groups is 1. The van der Waals surface area contributed by atoms with Gasteiger partial charge in [-0.15, -0.1) is 11.8 Å². The highest BCUT2D eigenvalue weighted by molar-refractivity contribution is 7.99. The van der Waals surface area contributed by atoms with E-state index < -0.39 is 0 Å². The smallest absolute Gasteiger partial charge is 0.229 e. The SMILES string of the molecule is CCNC(=O)CSCc1ccc(C)cc1. The quantitative estimate of drug-likeness (QED) is 0.830. The Bertz CT molecular complexity index is 308. The van der Waals surface area contributed by atoms with Crippen molar-refractivity contribution in [2.75, 3.05) is 12.3 Å². The average molecular weight is 223 g/mol. The second-order valence-corrected chi connectivity index (χ2v) is 4.42. The summed E-state index contributed by atoms with van der Waals surface area (Å²) in [5, 5.41) is 2.78. The molecule has 0 spiro atoms.